The van der Waals surface area contributed by atoms with Crippen molar-refractivity contribution in [2.75, 3.05) is 26.2 Å². The normalized spacial score (nSPS) is 17.9. The van der Waals surface area contributed by atoms with Crippen molar-refractivity contribution in [2.24, 2.45) is 7.05 Å². The van der Waals surface area contributed by atoms with E-state index in [4.69, 9.17) is 0 Å². The Morgan fingerprint density at radius 3 is 2.64 bits per heavy atom. The molecule has 22 heavy (non-hydrogen) atoms. The molecular weight excluding hydrogens is 310 g/mol. The van der Waals surface area contributed by atoms with Crippen LogP contribution in [0.25, 0.3) is 0 Å². The van der Waals surface area contributed by atoms with E-state index in [1.807, 2.05) is 0 Å². The van der Waals surface area contributed by atoms with Gasteiger partial charge in [-0.25, -0.2) is 8.42 Å². The molecule has 0 saturated carbocycles. The van der Waals surface area contributed by atoms with Gasteiger partial charge in [0.05, 0.1) is 19.3 Å². The molecule has 0 aliphatic carbocycles. The molecule has 11 heteroatoms. The Morgan fingerprint density at radius 1 is 1.27 bits per heavy atom. The molecule has 0 radical (unpaired) electrons. The summed E-state index contributed by atoms with van der Waals surface area (Å²) in [7, 11) is -1.65. The quantitative estimate of drug-likeness (QED) is 0.677. The highest BCUT2D eigenvalue weighted by Gasteiger charge is 2.28. The molecule has 0 aromatic carbocycles. The average Bonchev–Trinajstić information content (AvgIpc) is 3.11. The molecule has 1 saturated heterocycles. The van der Waals surface area contributed by atoms with Crippen molar-refractivity contribution in [3.05, 3.63) is 23.8 Å². The molecule has 1 fully saturated rings. The lowest BCUT2D eigenvalue weighted by molar-refractivity contribution is 0.178. The second-order valence-electron chi connectivity index (χ2n) is 5.12. The maximum Gasteiger partial charge on any atom is 0.220 e. The first-order valence-corrected chi connectivity index (χ1v) is 8.46. The average molecular weight is 327 g/mol. The van der Waals surface area contributed by atoms with Crippen LogP contribution >= 0.6 is 0 Å². The van der Waals surface area contributed by atoms with Gasteiger partial charge in [0.1, 0.15) is 12.0 Å². The van der Waals surface area contributed by atoms with Crippen LogP contribution in [0.5, 0.6) is 0 Å². The van der Waals surface area contributed by atoms with Crippen molar-refractivity contribution >= 4 is 10.0 Å². The molecule has 0 bridgehead atoms. The summed E-state index contributed by atoms with van der Waals surface area (Å²) in [5.41, 5.74) is 0.422. The van der Waals surface area contributed by atoms with Gasteiger partial charge in [0, 0.05) is 32.2 Å². The fraction of sp³-hybridized carbons (Fsp3) is 0.636. The molecule has 10 nitrogen and oxygen atoms in total. The van der Waals surface area contributed by atoms with Gasteiger partial charge in [-0.1, -0.05) is 5.16 Å². The lowest BCUT2D eigenvalue weighted by Crippen LogP contribution is -2.48. The Bertz CT molecular complexity index is 704. The zero-order valence-electron chi connectivity index (χ0n) is 12.2. The number of rotatable bonds is 5. The number of aromatic nitrogens is 5. The van der Waals surface area contributed by atoms with Crippen LogP contribution in [0.4, 0.5) is 0 Å². The van der Waals surface area contributed by atoms with E-state index in [-0.39, 0.29) is 5.75 Å². The lowest BCUT2D eigenvalue weighted by atomic mass is 10.3. The van der Waals surface area contributed by atoms with Crippen LogP contribution in [0.15, 0.2) is 16.9 Å². The number of nitrogens with zero attached hydrogens (tertiary/aromatic N) is 7. The summed E-state index contributed by atoms with van der Waals surface area (Å²) in [5, 5.41) is 15.5. The summed E-state index contributed by atoms with van der Waals surface area (Å²) < 4.78 is 30.8. The highest BCUT2D eigenvalue weighted by Crippen LogP contribution is 2.13. The smallest absolute Gasteiger partial charge is 0.220 e. The maximum atomic E-state index is 12.3. The fourth-order valence-corrected chi connectivity index (χ4v) is 3.77. The van der Waals surface area contributed by atoms with Gasteiger partial charge in [-0.3, -0.25) is 4.90 Å². The highest BCUT2D eigenvalue weighted by atomic mass is 32.2. The van der Waals surface area contributed by atoms with Crippen LogP contribution in [0.3, 0.4) is 0 Å². The third-order valence-electron chi connectivity index (χ3n) is 3.46. The third kappa shape index (κ3) is 3.48. The molecular formula is C11H17N7O3S. The Kier molecular flexibility index (Phi) is 4.18. The van der Waals surface area contributed by atoms with E-state index >= 15 is 0 Å². The molecule has 2 aromatic heterocycles. The van der Waals surface area contributed by atoms with Gasteiger partial charge in [0.25, 0.3) is 0 Å². The summed E-state index contributed by atoms with van der Waals surface area (Å²) >= 11 is 0. The van der Waals surface area contributed by atoms with Crippen molar-refractivity contribution in [3.63, 3.8) is 0 Å². The number of tetrazole rings is 1. The van der Waals surface area contributed by atoms with Crippen LogP contribution in [0.1, 0.15) is 11.5 Å². The third-order valence-corrected chi connectivity index (χ3v) is 5.27. The van der Waals surface area contributed by atoms with E-state index in [1.165, 1.54) is 15.4 Å². The van der Waals surface area contributed by atoms with E-state index in [9.17, 15) is 8.42 Å². The number of hydrogen-bond donors (Lipinski definition) is 0. The van der Waals surface area contributed by atoms with Crippen molar-refractivity contribution in [1.82, 2.24) is 34.6 Å². The standard InChI is InChI=1S/C11H17N7O3S/c1-16-13-11(12-15-16)8-17-3-5-18(6-4-17)22(19,20)9-10-2-7-21-14-10/h2,7H,3-6,8-9H2,1H3. The van der Waals surface area contributed by atoms with Crippen LogP contribution < -0.4 is 0 Å². The van der Waals surface area contributed by atoms with E-state index < -0.39 is 10.0 Å². The Labute approximate surface area is 127 Å². The monoisotopic (exact) mass is 327 g/mol. The first-order chi connectivity index (χ1) is 10.5. The first kappa shape index (κ1) is 15.1. The van der Waals surface area contributed by atoms with Crippen LogP contribution in [0.2, 0.25) is 0 Å². The molecule has 1 aliphatic rings. The largest absolute Gasteiger partial charge is 0.364 e. The topological polar surface area (TPSA) is 110 Å². The van der Waals surface area contributed by atoms with Gasteiger partial charge < -0.3 is 4.52 Å². The molecule has 3 heterocycles. The molecule has 0 spiro atoms. The highest BCUT2D eigenvalue weighted by molar-refractivity contribution is 7.88. The molecule has 0 N–H and O–H groups in total. The summed E-state index contributed by atoms with van der Waals surface area (Å²) in [5.74, 6) is 0.510. The van der Waals surface area contributed by atoms with Crippen LogP contribution in [0, 0.1) is 0 Å². The van der Waals surface area contributed by atoms with Gasteiger partial charge in [0.15, 0.2) is 5.82 Å². The molecule has 0 amide bonds. The molecule has 120 valence electrons. The number of hydrogen-bond acceptors (Lipinski definition) is 8. The Balaban J connectivity index is 1.54. The van der Waals surface area contributed by atoms with Crippen LogP contribution in [-0.4, -0.2) is 69.2 Å². The number of sulfonamides is 1. The molecule has 3 rings (SSSR count). The minimum atomic E-state index is -3.36. The van der Waals surface area contributed by atoms with Gasteiger partial charge in [-0.2, -0.15) is 9.10 Å². The number of aryl methyl sites for hydroxylation is 1. The maximum absolute atomic E-state index is 12.3. The van der Waals surface area contributed by atoms with E-state index in [0.29, 0.717) is 44.2 Å². The van der Waals surface area contributed by atoms with E-state index in [0.717, 1.165) is 0 Å². The second-order valence-corrected chi connectivity index (χ2v) is 7.09. The SMILES string of the molecule is Cn1nnc(CN2CCN(S(=O)(=O)Cc3ccon3)CC2)n1. The van der Waals surface area contributed by atoms with Gasteiger partial charge >= 0.3 is 0 Å². The predicted molar refractivity (Wildman–Crippen MR) is 74.8 cm³/mol. The first-order valence-electron chi connectivity index (χ1n) is 6.85. The van der Waals surface area contributed by atoms with Crippen molar-refractivity contribution in [1.29, 1.82) is 0 Å². The zero-order chi connectivity index (χ0) is 15.6. The van der Waals surface area contributed by atoms with Crippen molar-refractivity contribution < 1.29 is 12.9 Å². The van der Waals surface area contributed by atoms with Crippen molar-refractivity contribution in [3.8, 4) is 0 Å². The summed E-state index contributed by atoms with van der Waals surface area (Å²) in [4.78, 5) is 3.52. The minimum Gasteiger partial charge on any atom is -0.364 e. The Morgan fingerprint density at radius 2 is 2.05 bits per heavy atom. The second kappa shape index (κ2) is 6.10. The van der Waals surface area contributed by atoms with Gasteiger partial charge in [-0.15, -0.1) is 10.2 Å². The molecule has 1 aliphatic heterocycles. The molecule has 2 aromatic rings. The van der Waals surface area contributed by atoms with Crippen LogP contribution in [-0.2, 0) is 29.4 Å². The lowest BCUT2D eigenvalue weighted by Gasteiger charge is -2.33. The van der Waals surface area contributed by atoms with E-state index in [1.54, 1.807) is 13.1 Å². The van der Waals surface area contributed by atoms with Gasteiger partial charge in [-0.05, 0) is 5.21 Å². The van der Waals surface area contributed by atoms with Gasteiger partial charge in [0.2, 0.25) is 10.0 Å². The predicted octanol–water partition coefficient (Wildman–Crippen LogP) is -1.15. The summed E-state index contributed by atoms with van der Waals surface area (Å²) in [6.45, 7) is 2.73. The zero-order valence-corrected chi connectivity index (χ0v) is 13.0. The fourth-order valence-electron chi connectivity index (χ4n) is 2.34. The summed E-state index contributed by atoms with van der Waals surface area (Å²) in [6, 6.07) is 1.56. The Hall–Kier alpha value is -1.85. The molecule has 0 unspecified atom stereocenters. The van der Waals surface area contributed by atoms with E-state index in [2.05, 4.69) is 30.0 Å². The summed E-state index contributed by atoms with van der Waals surface area (Å²) in [6.07, 6.45) is 1.37. The number of piperazine rings is 1. The molecule has 0 atom stereocenters. The van der Waals surface area contributed by atoms with Crippen molar-refractivity contribution in [2.45, 2.75) is 12.3 Å². The minimum absolute atomic E-state index is 0.130.